The zero-order chi connectivity index (χ0) is 29.0. The normalized spacial score (nSPS) is 12.9. The maximum absolute atomic E-state index is 14.0. The van der Waals surface area contributed by atoms with Gasteiger partial charge < -0.3 is 30.1 Å². The summed E-state index contributed by atoms with van der Waals surface area (Å²) in [4.78, 5) is 53.3. The smallest absolute Gasteiger partial charge is 0.408 e. The summed E-state index contributed by atoms with van der Waals surface area (Å²) in [7, 11) is 1.22. The number of ether oxygens (including phenoxy) is 2. The first-order valence-electron chi connectivity index (χ1n) is 13.2. The van der Waals surface area contributed by atoms with E-state index < -0.39 is 41.6 Å². The predicted molar refractivity (Wildman–Crippen MR) is 144 cm³/mol. The van der Waals surface area contributed by atoms with Gasteiger partial charge in [-0.25, -0.2) is 4.79 Å². The molecule has 1 aromatic rings. The number of aryl methyl sites for hydroxylation is 1. The van der Waals surface area contributed by atoms with Gasteiger partial charge in [0.1, 0.15) is 30.0 Å². The van der Waals surface area contributed by atoms with Crippen LogP contribution < -0.4 is 10.6 Å². The van der Waals surface area contributed by atoms with E-state index in [1.165, 1.54) is 18.1 Å². The first-order chi connectivity index (χ1) is 17.7. The third-order valence-corrected chi connectivity index (χ3v) is 5.87. The van der Waals surface area contributed by atoms with Crippen molar-refractivity contribution in [3.8, 4) is 5.75 Å². The third-order valence-electron chi connectivity index (χ3n) is 5.87. The molecule has 38 heavy (non-hydrogen) atoms. The van der Waals surface area contributed by atoms with Gasteiger partial charge in [-0.2, -0.15) is 0 Å². The first-order valence-corrected chi connectivity index (χ1v) is 13.2. The van der Waals surface area contributed by atoms with Crippen LogP contribution in [0.15, 0.2) is 18.2 Å². The minimum absolute atomic E-state index is 0.0509. The predicted octanol–water partition coefficient (Wildman–Crippen LogP) is 3.99. The highest BCUT2D eigenvalue weighted by atomic mass is 16.6. The van der Waals surface area contributed by atoms with E-state index in [0.29, 0.717) is 17.5 Å². The molecule has 0 heterocycles. The Morgan fingerprint density at radius 2 is 1.74 bits per heavy atom. The monoisotopic (exact) mass is 535 g/mol. The number of hydrogen-bond acceptors (Lipinski definition) is 7. The van der Waals surface area contributed by atoms with Gasteiger partial charge in [0, 0.05) is 6.54 Å². The van der Waals surface area contributed by atoms with Crippen LogP contribution >= 0.6 is 0 Å². The van der Waals surface area contributed by atoms with Gasteiger partial charge >= 0.3 is 12.1 Å². The molecule has 2 atom stereocenters. The van der Waals surface area contributed by atoms with E-state index in [4.69, 9.17) is 4.74 Å². The van der Waals surface area contributed by atoms with Gasteiger partial charge in [0.05, 0.1) is 7.11 Å². The van der Waals surface area contributed by atoms with Crippen LogP contribution in [0, 0.1) is 12.8 Å². The van der Waals surface area contributed by atoms with Crippen molar-refractivity contribution >= 4 is 23.9 Å². The molecule has 3 amide bonds. The first kappa shape index (κ1) is 32.7. The summed E-state index contributed by atoms with van der Waals surface area (Å²) in [6.45, 7) is 12.4. The Morgan fingerprint density at radius 1 is 1.08 bits per heavy atom. The zero-order valence-electron chi connectivity index (χ0n) is 24.1. The van der Waals surface area contributed by atoms with Gasteiger partial charge in [-0.1, -0.05) is 46.1 Å². The molecule has 0 spiro atoms. The standard InChI is InChI=1S/C28H45N3O7/c1-9-10-11-12-15-31(26(35)23(18(2)3)30-27(36)38-28(5,6)7)24(25(34)29-17-22(33)37-8)20-13-14-21(32)19(4)16-20/h13-14,16,18,23-24,32H,9-12,15,17H2,1-8H3,(H,29,34)(H,30,36). The summed E-state index contributed by atoms with van der Waals surface area (Å²) in [6, 6.07) is 2.59. The topological polar surface area (TPSA) is 134 Å². The summed E-state index contributed by atoms with van der Waals surface area (Å²) in [6.07, 6.45) is 2.70. The van der Waals surface area contributed by atoms with Gasteiger partial charge in [0.2, 0.25) is 11.8 Å². The Morgan fingerprint density at radius 3 is 2.26 bits per heavy atom. The number of nitrogens with one attached hydrogen (secondary N) is 2. The van der Waals surface area contributed by atoms with Crippen LogP contribution in [-0.2, 0) is 23.9 Å². The van der Waals surface area contributed by atoms with E-state index >= 15 is 0 Å². The van der Waals surface area contributed by atoms with Gasteiger partial charge in [-0.15, -0.1) is 0 Å². The van der Waals surface area contributed by atoms with E-state index in [2.05, 4.69) is 22.3 Å². The number of amides is 3. The molecule has 214 valence electrons. The minimum Gasteiger partial charge on any atom is -0.508 e. The number of methoxy groups -OCH3 is 1. The molecule has 0 saturated heterocycles. The zero-order valence-corrected chi connectivity index (χ0v) is 24.1. The van der Waals surface area contributed by atoms with Gasteiger partial charge in [0.15, 0.2) is 0 Å². The number of benzene rings is 1. The van der Waals surface area contributed by atoms with Gasteiger partial charge in [0.25, 0.3) is 0 Å². The Hall–Kier alpha value is -3.30. The fourth-order valence-corrected chi connectivity index (χ4v) is 3.85. The lowest BCUT2D eigenvalue weighted by Gasteiger charge is -2.35. The molecule has 0 aliphatic carbocycles. The molecular weight excluding hydrogens is 490 g/mol. The SMILES string of the molecule is CCCCCCN(C(=O)C(NC(=O)OC(C)(C)C)C(C)C)C(C(=O)NCC(=O)OC)c1ccc(O)c(C)c1. The molecule has 10 nitrogen and oxygen atoms in total. The third kappa shape index (κ3) is 10.6. The number of carbonyl (C=O) groups excluding carboxylic acids is 4. The average Bonchev–Trinajstić information content (AvgIpc) is 2.83. The van der Waals surface area contributed by atoms with Crippen molar-refractivity contribution in [3.05, 3.63) is 29.3 Å². The lowest BCUT2D eigenvalue weighted by Crippen LogP contribution is -2.55. The fraction of sp³-hybridized carbons (Fsp3) is 0.643. The van der Waals surface area contributed by atoms with Crippen molar-refractivity contribution in [1.82, 2.24) is 15.5 Å². The number of phenols is 1. The summed E-state index contributed by atoms with van der Waals surface area (Å²) in [5.41, 5.74) is 0.235. The number of aromatic hydroxyl groups is 1. The number of esters is 1. The second kappa shape index (κ2) is 15.2. The Bertz CT molecular complexity index is 956. The Kier molecular flexibility index (Phi) is 13.1. The highest BCUT2D eigenvalue weighted by Crippen LogP contribution is 2.28. The van der Waals surface area contributed by atoms with Crippen LogP contribution in [0.3, 0.4) is 0 Å². The van der Waals surface area contributed by atoms with Crippen LogP contribution in [0.5, 0.6) is 5.75 Å². The molecule has 0 bridgehead atoms. The van der Waals surface area contributed by atoms with Crippen molar-refractivity contribution < 1.29 is 33.8 Å². The molecule has 0 radical (unpaired) electrons. The van der Waals surface area contributed by atoms with E-state index in [0.717, 1.165) is 19.3 Å². The second-order valence-corrected chi connectivity index (χ2v) is 10.7. The maximum Gasteiger partial charge on any atom is 0.408 e. The Labute approximate surface area is 226 Å². The number of phenolic OH excluding ortho intramolecular Hbond substituents is 1. The minimum atomic E-state index is -1.12. The molecule has 0 saturated carbocycles. The van der Waals surface area contributed by atoms with Gasteiger partial charge in [-0.05, 0) is 63.3 Å². The van der Waals surface area contributed by atoms with Crippen molar-refractivity contribution in [2.24, 2.45) is 5.92 Å². The second-order valence-electron chi connectivity index (χ2n) is 10.7. The largest absolute Gasteiger partial charge is 0.508 e. The number of rotatable bonds is 13. The molecular formula is C28H45N3O7. The van der Waals surface area contributed by atoms with Crippen LogP contribution in [0.25, 0.3) is 0 Å². The summed E-state index contributed by atoms with van der Waals surface area (Å²) in [5.74, 6) is -1.93. The Balaban J connectivity index is 3.51. The van der Waals surface area contributed by atoms with Crippen molar-refractivity contribution in [2.45, 2.75) is 91.8 Å². The lowest BCUT2D eigenvalue weighted by molar-refractivity contribution is -0.145. The number of carbonyl (C=O) groups is 4. The molecule has 0 aliphatic heterocycles. The van der Waals surface area contributed by atoms with E-state index in [9.17, 15) is 24.3 Å². The van der Waals surface area contributed by atoms with Crippen LogP contribution in [0.2, 0.25) is 0 Å². The molecule has 10 heteroatoms. The molecule has 2 unspecified atom stereocenters. The van der Waals surface area contributed by atoms with Crippen LogP contribution in [0.4, 0.5) is 4.79 Å². The molecule has 1 rings (SSSR count). The highest BCUT2D eigenvalue weighted by Gasteiger charge is 2.37. The van der Waals surface area contributed by atoms with Gasteiger partial charge in [-0.3, -0.25) is 14.4 Å². The van der Waals surface area contributed by atoms with Crippen LogP contribution in [-0.4, -0.2) is 65.7 Å². The van der Waals surface area contributed by atoms with Crippen molar-refractivity contribution in [3.63, 3.8) is 0 Å². The molecule has 3 N–H and O–H groups in total. The summed E-state index contributed by atoms with van der Waals surface area (Å²) < 4.78 is 10.0. The number of nitrogens with zero attached hydrogens (tertiary/aromatic N) is 1. The highest BCUT2D eigenvalue weighted by molar-refractivity contribution is 5.93. The molecule has 0 aliphatic rings. The van der Waals surface area contributed by atoms with E-state index in [1.54, 1.807) is 53.7 Å². The fourth-order valence-electron chi connectivity index (χ4n) is 3.85. The molecule has 0 fully saturated rings. The summed E-state index contributed by atoms with van der Waals surface area (Å²) in [5, 5.41) is 15.3. The van der Waals surface area contributed by atoms with Crippen molar-refractivity contribution in [2.75, 3.05) is 20.2 Å². The van der Waals surface area contributed by atoms with Crippen molar-refractivity contribution in [1.29, 1.82) is 0 Å². The summed E-state index contributed by atoms with van der Waals surface area (Å²) >= 11 is 0. The number of hydrogen-bond donors (Lipinski definition) is 3. The van der Waals surface area contributed by atoms with E-state index in [-0.39, 0.29) is 24.8 Å². The molecule has 0 aromatic heterocycles. The number of alkyl carbamates (subject to hydrolysis) is 1. The maximum atomic E-state index is 14.0. The van der Waals surface area contributed by atoms with Crippen LogP contribution in [0.1, 0.15) is 84.4 Å². The number of unbranched alkanes of at least 4 members (excludes halogenated alkanes) is 3. The molecule has 1 aromatic carbocycles. The average molecular weight is 536 g/mol. The van der Waals surface area contributed by atoms with E-state index in [1.807, 2.05) is 0 Å². The quantitative estimate of drug-likeness (QED) is 0.257. The lowest BCUT2D eigenvalue weighted by atomic mass is 9.97.